The Bertz CT molecular complexity index is 453. The summed E-state index contributed by atoms with van der Waals surface area (Å²) in [6.45, 7) is 0.722. The Morgan fingerprint density at radius 2 is 2.06 bits per heavy atom. The van der Waals surface area contributed by atoms with E-state index in [0.29, 0.717) is 24.2 Å². The third-order valence-corrected chi connectivity index (χ3v) is 4.55. The predicted molar refractivity (Wildman–Crippen MR) is 70.1 cm³/mol. The van der Waals surface area contributed by atoms with E-state index in [9.17, 15) is 0 Å². The van der Waals surface area contributed by atoms with Crippen LogP contribution in [0.4, 0.5) is 0 Å². The minimum atomic E-state index is 0.444. The topological polar surface area (TPSA) is 21.8 Å². The molecule has 3 aliphatic rings. The smallest absolute Gasteiger partial charge is 0.0897 e. The van der Waals surface area contributed by atoms with Crippen molar-refractivity contribution in [3.8, 4) is 0 Å². The van der Waals surface area contributed by atoms with Crippen LogP contribution in [-0.2, 0) is 9.47 Å². The Morgan fingerprint density at radius 3 is 2.83 bits per heavy atom. The molecular formula is C16H18O2. The van der Waals surface area contributed by atoms with Crippen LogP contribution < -0.4 is 0 Å². The van der Waals surface area contributed by atoms with Gasteiger partial charge in [0.2, 0.25) is 0 Å². The number of hydrogen-bond acceptors (Lipinski definition) is 2. The molecule has 2 heteroatoms. The van der Waals surface area contributed by atoms with E-state index in [1.54, 1.807) is 0 Å². The van der Waals surface area contributed by atoms with Gasteiger partial charge in [-0.05, 0) is 24.3 Å². The summed E-state index contributed by atoms with van der Waals surface area (Å²) in [6.07, 6.45) is 8.39. The lowest BCUT2D eigenvalue weighted by molar-refractivity contribution is 0.0353. The molecule has 2 aliphatic carbocycles. The Hall–Kier alpha value is -1.12. The van der Waals surface area contributed by atoms with E-state index in [1.165, 1.54) is 18.4 Å². The lowest BCUT2D eigenvalue weighted by Crippen LogP contribution is -2.25. The van der Waals surface area contributed by atoms with Crippen molar-refractivity contribution < 1.29 is 9.47 Å². The van der Waals surface area contributed by atoms with Gasteiger partial charge in [-0.2, -0.15) is 0 Å². The van der Waals surface area contributed by atoms with Crippen LogP contribution >= 0.6 is 0 Å². The second-order valence-electron chi connectivity index (χ2n) is 5.65. The molecule has 4 rings (SSSR count). The molecule has 0 radical (unpaired) electrons. The summed E-state index contributed by atoms with van der Waals surface area (Å²) < 4.78 is 11.6. The van der Waals surface area contributed by atoms with Crippen molar-refractivity contribution in [3.63, 3.8) is 0 Å². The van der Waals surface area contributed by atoms with Crippen molar-refractivity contribution in [1.82, 2.24) is 0 Å². The Morgan fingerprint density at radius 1 is 1.17 bits per heavy atom. The summed E-state index contributed by atoms with van der Waals surface area (Å²) in [5, 5.41) is 0. The molecule has 94 valence electrons. The molecule has 0 aromatic heterocycles. The highest BCUT2D eigenvalue weighted by atomic mass is 16.6. The van der Waals surface area contributed by atoms with Crippen LogP contribution in [0.3, 0.4) is 0 Å². The SMILES string of the molecule is C(=C\c1ccccc1)/COC1CC2CC1C1OC21. The van der Waals surface area contributed by atoms with E-state index in [1.807, 2.05) is 6.07 Å². The van der Waals surface area contributed by atoms with Gasteiger partial charge < -0.3 is 9.47 Å². The van der Waals surface area contributed by atoms with Gasteiger partial charge in [-0.25, -0.2) is 0 Å². The summed E-state index contributed by atoms with van der Waals surface area (Å²) in [7, 11) is 0. The fraction of sp³-hybridized carbons (Fsp3) is 0.500. The number of hydrogen-bond donors (Lipinski definition) is 0. The van der Waals surface area contributed by atoms with Gasteiger partial charge in [-0.1, -0.05) is 42.5 Å². The minimum absolute atomic E-state index is 0.444. The standard InChI is InChI=1S/C16H18O2/c1-2-5-11(6-3-1)7-4-8-17-14-10-12-9-13(14)16-15(12)18-16/h1-7,12-16H,8-10H2/b7-4+. The monoisotopic (exact) mass is 242 g/mol. The van der Waals surface area contributed by atoms with E-state index in [2.05, 4.69) is 36.4 Å². The van der Waals surface area contributed by atoms with Crippen LogP contribution in [0.25, 0.3) is 6.08 Å². The van der Waals surface area contributed by atoms with Crippen molar-refractivity contribution >= 4 is 6.08 Å². The average Bonchev–Trinajstić information content (AvgIpc) is 3.03. The lowest BCUT2D eigenvalue weighted by atomic mass is 9.98. The second kappa shape index (κ2) is 4.22. The molecule has 0 N–H and O–H groups in total. The predicted octanol–water partition coefficient (Wildman–Crippen LogP) is 2.89. The molecule has 2 saturated carbocycles. The molecule has 1 saturated heterocycles. The molecule has 2 bridgehead atoms. The van der Waals surface area contributed by atoms with E-state index in [0.717, 1.165) is 12.5 Å². The van der Waals surface area contributed by atoms with Gasteiger partial charge in [0.15, 0.2) is 0 Å². The molecule has 5 atom stereocenters. The normalized spacial score (nSPS) is 40.3. The minimum Gasteiger partial charge on any atom is -0.374 e. The van der Waals surface area contributed by atoms with E-state index in [-0.39, 0.29) is 0 Å². The van der Waals surface area contributed by atoms with Crippen molar-refractivity contribution in [3.05, 3.63) is 42.0 Å². The number of fused-ring (bicyclic) bond motifs is 5. The molecule has 0 amide bonds. The quantitative estimate of drug-likeness (QED) is 0.757. The first-order chi connectivity index (χ1) is 8.92. The second-order valence-corrected chi connectivity index (χ2v) is 5.65. The van der Waals surface area contributed by atoms with Gasteiger partial charge in [0, 0.05) is 5.92 Å². The first-order valence-electron chi connectivity index (χ1n) is 6.90. The largest absolute Gasteiger partial charge is 0.374 e. The fourth-order valence-corrected chi connectivity index (χ4v) is 3.66. The van der Waals surface area contributed by atoms with Crippen LogP contribution in [0.5, 0.6) is 0 Å². The molecule has 1 aromatic carbocycles. The number of benzene rings is 1. The van der Waals surface area contributed by atoms with Gasteiger partial charge in [0.25, 0.3) is 0 Å². The van der Waals surface area contributed by atoms with Crippen LogP contribution in [0.2, 0.25) is 0 Å². The van der Waals surface area contributed by atoms with E-state index < -0.39 is 0 Å². The molecule has 1 aliphatic heterocycles. The molecule has 1 aromatic rings. The third kappa shape index (κ3) is 1.80. The Kier molecular flexibility index (Phi) is 2.52. The highest BCUT2D eigenvalue weighted by Gasteiger charge is 2.63. The van der Waals surface area contributed by atoms with Gasteiger partial charge in [0.1, 0.15) is 0 Å². The summed E-state index contributed by atoms with van der Waals surface area (Å²) in [5.41, 5.74) is 1.24. The molecule has 5 unspecified atom stereocenters. The maximum atomic E-state index is 5.99. The maximum absolute atomic E-state index is 5.99. The highest BCUT2D eigenvalue weighted by Crippen LogP contribution is 2.57. The van der Waals surface area contributed by atoms with Gasteiger partial charge >= 0.3 is 0 Å². The van der Waals surface area contributed by atoms with Gasteiger partial charge in [-0.3, -0.25) is 0 Å². The number of epoxide rings is 1. The summed E-state index contributed by atoms with van der Waals surface area (Å²) in [5.74, 6) is 1.48. The molecule has 1 heterocycles. The van der Waals surface area contributed by atoms with Gasteiger partial charge in [-0.15, -0.1) is 0 Å². The van der Waals surface area contributed by atoms with E-state index in [4.69, 9.17) is 9.47 Å². The first kappa shape index (κ1) is 10.8. The zero-order valence-corrected chi connectivity index (χ0v) is 10.4. The number of rotatable bonds is 4. The Labute approximate surface area is 108 Å². The third-order valence-electron chi connectivity index (χ3n) is 4.55. The molecule has 2 nitrogen and oxygen atoms in total. The van der Waals surface area contributed by atoms with Crippen LogP contribution in [-0.4, -0.2) is 24.9 Å². The average molecular weight is 242 g/mol. The number of ether oxygens (including phenoxy) is 2. The van der Waals surface area contributed by atoms with Crippen molar-refractivity contribution in [1.29, 1.82) is 0 Å². The maximum Gasteiger partial charge on any atom is 0.0897 e. The summed E-state index contributed by atoms with van der Waals surface area (Å²) >= 11 is 0. The Balaban J connectivity index is 1.29. The highest BCUT2D eigenvalue weighted by molar-refractivity contribution is 5.48. The molecule has 0 spiro atoms. The van der Waals surface area contributed by atoms with Crippen molar-refractivity contribution in [2.24, 2.45) is 11.8 Å². The zero-order chi connectivity index (χ0) is 11.9. The van der Waals surface area contributed by atoms with Crippen molar-refractivity contribution in [2.45, 2.75) is 31.2 Å². The first-order valence-corrected chi connectivity index (χ1v) is 6.90. The molecule has 18 heavy (non-hydrogen) atoms. The lowest BCUT2D eigenvalue weighted by Gasteiger charge is -2.18. The summed E-state index contributed by atoms with van der Waals surface area (Å²) in [4.78, 5) is 0. The molecule has 3 fully saturated rings. The van der Waals surface area contributed by atoms with E-state index >= 15 is 0 Å². The van der Waals surface area contributed by atoms with Crippen molar-refractivity contribution in [2.75, 3.05) is 6.61 Å². The summed E-state index contributed by atoms with van der Waals surface area (Å²) in [6, 6.07) is 10.4. The van der Waals surface area contributed by atoms with Crippen LogP contribution in [0.15, 0.2) is 36.4 Å². The zero-order valence-electron chi connectivity index (χ0n) is 10.4. The molecular weight excluding hydrogens is 224 g/mol. The van der Waals surface area contributed by atoms with Crippen LogP contribution in [0, 0.1) is 11.8 Å². The van der Waals surface area contributed by atoms with Gasteiger partial charge in [0.05, 0.1) is 24.9 Å². The van der Waals surface area contributed by atoms with Crippen LogP contribution in [0.1, 0.15) is 18.4 Å². The fourth-order valence-electron chi connectivity index (χ4n) is 3.66.